The lowest BCUT2D eigenvalue weighted by molar-refractivity contribution is 0.102. The van der Waals surface area contributed by atoms with Crippen molar-refractivity contribution in [1.82, 2.24) is 9.97 Å². The third kappa shape index (κ3) is 2.66. The van der Waals surface area contributed by atoms with Crippen molar-refractivity contribution in [1.29, 1.82) is 0 Å². The molecule has 0 spiro atoms. The number of rotatable bonds is 2. The van der Waals surface area contributed by atoms with Crippen LogP contribution < -0.4 is 5.32 Å². The fourth-order valence-corrected chi connectivity index (χ4v) is 3.28. The fourth-order valence-electron chi connectivity index (χ4n) is 2.24. The van der Waals surface area contributed by atoms with Crippen LogP contribution in [0.15, 0.2) is 18.2 Å². The Labute approximate surface area is 115 Å². The number of aromatic nitrogens is 2. The third-order valence-corrected chi connectivity index (χ3v) is 4.26. The van der Waals surface area contributed by atoms with Gasteiger partial charge in [0.05, 0.1) is 5.69 Å². The minimum atomic E-state index is -0.185. The van der Waals surface area contributed by atoms with Gasteiger partial charge < -0.3 is 0 Å². The van der Waals surface area contributed by atoms with Gasteiger partial charge in [-0.3, -0.25) is 10.1 Å². The molecule has 0 aliphatic heterocycles. The highest BCUT2D eigenvalue weighted by molar-refractivity contribution is 7.15. The van der Waals surface area contributed by atoms with E-state index in [1.807, 2.05) is 19.1 Å². The van der Waals surface area contributed by atoms with Gasteiger partial charge in [-0.2, -0.15) is 0 Å². The minimum Gasteiger partial charge on any atom is -0.296 e. The van der Waals surface area contributed by atoms with Gasteiger partial charge in [0.15, 0.2) is 5.13 Å². The van der Waals surface area contributed by atoms with E-state index in [0.717, 1.165) is 24.2 Å². The predicted octanol–water partition coefficient (Wildman–Crippen LogP) is 2.98. The van der Waals surface area contributed by atoms with Crippen molar-refractivity contribution in [3.63, 3.8) is 0 Å². The molecular formula is C14H15N3OS. The van der Waals surface area contributed by atoms with Crippen LogP contribution in [0.4, 0.5) is 5.13 Å². The van der Waals surface area contributed by atoms with Crippen molar-refractivity contribution in [3.05, 3.63) is 40.2 Å². The van der Waals surface area contributed by atoms with E-state index in [1.165, 1.54) is 17.7 Å². The van der Waals surface area contributed by atoms with Gasteiger partial charge in [-0.05, 0) is 44.7 Å². The monoisotopic (exact) mass is 273 g/mol. The molecule has 2 aromatic rings. The van der Waals surface area contributed by atoms with Gasteiger partial charge in [0.1, 0.15) is 5.69 Å². The molecule has 1 N–H and O–H groups in total. The summed E-state index contributed by atoms with van der Waals surface area (Å²) in [6.45, 7) is 1.87. The predicted molar refractivity (Wildman–Crippen MR) is 75.7 cm³/mol. The van der Waals surface area contributed by atoms with Gasteiger partial charge in [0, 0.05) is 10.6 Å². The molecule has 1 amide bonds. The number of carbonyl (C=O) groups is 1. The Hall–Kier alpha value is -1.75. The highest BCUT2D eigenvalue weighted by Gasteiger charge is 2.17. The largest absolute Gasteiger partial charge is 0.296 e. The van der Waals surface area contributed by atoms with E-state index in [0.29, 0.717) is 10.8 Å². The molecule has 0 radical (unpaired) electrons. The summed E-state index contributed by atoms with van der Waals surface area (Å²) in [6, 6.07) is 5.43. The number of amides is 1. The van der Waals surface area contributed by atoms with E-state index < -0.39 is 0 Å². The van der Waals surface area contributed by atoms with Gasteiger partial charge in [-0.1, -0.05) is 6.07 Å². The third-order valence-electron chi connectivity index (χ3n) is 3.19. The molecule has 4 nitrogen and oxygen atoms in total. The normalized spacial score (nSPS) is 13.9. The molecule has 0 saturated heterocycles. The van der Waals surface area contributed by atoms with E-state index >= 15 is 0 Å². The van der Waals surface area contributed by atoms with Crippen molar-refractivity contribution in [2.45, 2.75) is 32.6 Å². The van der Waals surface area contributed by atoms with Crippen LogP contribution in [-0.4, -0.2) is 15.9 Å². The van der Waals surface area contributed by atoms with E-state index in [9.17, 15) is 4.79 Å². The molecule has 0 aromatic carbocycles. The summed E-state index contributed by atoms with van der Waals surface area (Å²) in [5.74, 6) is -0.185. The second-order valence-corrected chi connectivity index (χ2v) is 5.80. The summed E-state index contributed by atoms with van der Waals surface area (Å²) in [7, 11) is 0. The average Bonchev–Trinajstić information content (AvgIpc) is 2.80. The summed E-state index contributed by atoms with van der Waals surface area (Å²) in [5, 5.41) is 3.54. The molecule has 2 heterocycles. The second kappa shape index (κ2) is 5.09. The summed E-state index contributed by atoms with van der Waals surface area (Å²) >= 11 is 1.59. The summed E-state index contributed by atoms with van der Waals surface area (Å²) in [4.78, 5) is 22.1. The highest BCUT2D eigenvalue weighted by Crippen LogP contribution is 2.29. The Bertz CT molecular complexity index is 597. The zero-order valence-corrected chi connectivity index (χ0v) is 11.6. The van der Waals surface area contributed by atoms with Crippen LogP contribution in [0, 0.1) is 6.92 Å². The summed E-state index contributed by atoms with van der Waals surface area (Å²) in [6.07, 6.45) is 4.54. The number of hydrogen-bond donors (Lipinski definition) is 1. The number of thiazole rings is 1. The van der Waals surface area contributed by atoms with Crippen molar-refractivity contribution in [3.8, 4) is 0 Å². The molecule has 19 heavy (non-hydrogen) atoms. The molecule has 0 fully saturated rings. The Morgan fingerprint density at radius 1 is 1.26 bits per heavy atom. The van der Waals surface area contributed by atoms with Crippen molar-refractivity contribution < 1.29 is 4.79 Å². The van der Waals surface area contributed by atoms with Gasteiger partial charge >= 0.3 is 0 Å². The smallest absolute Gasteiger partial charge is 0.276 e. The second-order valence-electron chi connectivity index (χ2n) is 4.71. The first kappa shape index (κ1) is 12.3. The molecule has 0 unspecified atom stereocenters. The molecule has 1 aliphatic rings. The van der Waals surface area contributed by atoms with Crippen LogP contribution in [-0.2, 0) is 12.8 Å². The van der Waals surface area contributed by atoms with Crippen LogP contribution in [0.2, 0.25) is 0 Å². The van der Waals surface area contributed by atoms with E-state index in [-0.39, 0.29) is 5.91 Å². The molecular weight excluding hydrogens is 258 g/mol. The van der Waals surface area contributed by atoms with Crippen LogP contribution in [0.25, 0.3) is 0 Å². The first-order valence-electron chi connectivity index (χ1n) is 6.46. The molecule has 0 saturated carbocycles. The molecule has 0 atom stereocenters. The first-order chi connectivity index (χ1) is 9.22. The number of anilines is 1. The Morgan fingerprint density at radius 3 is 2.89 bits per heavy atom. The number of hydrogen-bond acceptors (Lipinski definition) is 4. The SMILES string of the molecule is Cc1cccc(C(=O)Nc2nc3c(s2)CCCC3)n1. The highest BCUT2D eigenvalue weighted by atomic mass is 32.1. The topological polar surface area (TPSA) is 54.9 Å². The van der Waals surface area contributed by atoms with Crippen LogP contribution in [0.1, 0.15) is 39.6 Å². The van der Waals surface area contributed by atoms with Gasteiger partial charge in [0.2, 0.25) is 0 Å². The molecule has 0 bridgehead atoms. The van der Waals surface area contributed by atoms with Crippen LogP contribution >= 0.6 is 11.3 Å². The fraction of sp³-hybridized carbons (Fsp3) is 0.357. The lowest BCUT2D eigenvalue weighted by atomic mass is 10.0. The van der Waals surface area contributed by atoms with Crippen molar-refractivity contribution >= 4 is 22.4 Å². The standard InChI is InChI=1S/C14H15N3OS/c1-9-5-4-7-11(15-9)13(18)17-14-16-10-6-2-3-8-12(10)19-14/h4-5,7H,2-3,6,8H2,1H3,(H,16,17,18). The van der Waals surface area contributed by atoms with Gasteiger partial charge in [-0.25, -0.2) is 9.97 Å². The zero-order valence-electron chi connectivity index (χ0n) is 10.8. The summed E-state index contributed by atoms with van der Waals surface area (Å²) in [5.41, 5.74) is 2.43. The number of pyridine rings is 1. The Kier molecular flexibility index (Phi) is 3.29. The van der Waals surface area contributed by atoms with E-state index in [2.05, 4.69) is 15.3 Å². The van der Waals surface area contributed by atoms with Gasteiger partial charge in [0.25, 0.3) is 5.91 Å². The molecule has 98 valence electrons. The quantitative estimate of drug-likeness (QED) is 0.915. The minimum absolute atomic E-state index is 0.185. The van der Waals surface area contributed by atoms with E-state index in [4.69, 9.17) is 0 Å². The van der Waals surface area contributed by atoms with Crippen molar-refractivity contribution in [2.24, 2.45) is 0 Å². The number of aryl methyl sites for hydroxylation is 3. The van der Waals surface area contributed by atoms with Gasteiger partial charge in [-0.15, -0.1) is 11.3 Å². The van der Waals surface area contributed by atoms with Crippen LogP contribution in [0.3, 0.4) is 0 Å². The maximum Gasteiger partial charge on any atom is 0.276 e. The number of nitrogens with one attached hydrogen (secondary N) is 1. The molecule has 3 rings (SSSR count). The Morgan fingerprint density at radius 2 is 2.11 bits per heavy atom. The van der Waals surface area contributed by atoms with E-state index in [1.54, 1.807) is 17.4 Å². The van der Waals surface area contributed by atoms with Crippen LogP contribution in [0.5, 0.6) is 0 Å². The lowest BCUT2D eigenvalue weighted by Crippen LogP contribution is -2.13. The number of fused-ring (bicyclic) bond motifs is 1. The molecule has 5 heteroatoms. The van der Waals surface area contributed by atoms with Crippen molar-refractivity contribution in [2.75, 3.05) is 5.32 Å². The number of nitrogens with zero attached hydrogens (tertiary/aromatic N) is 2. The first-order valence-corrected chi connectivity index (χ1v) is 7.27. The Balaban J connectivity index is 1.77. The molecule has 1 aliphatic carbocycles. The lowest BCUT2D eigenvalue weighted by Gasteiger charge is -2.06. The maximum atomic E-state index is 12.1. The maximum absolute atomic E-state index is 12.1. The summed E-state index contributed by atoms with van der Waals surface area (Å²) < 4.78 is 0. The average molecular weight is 273 g/mol. The zero-order chi connectivity index (χ0) is 13.2. The number of carbonyl (C=O) groups excluding carboxylic acids is 1. The molecule has 2 aromatic heterocycles.